The van der Waals surface area contributed by atoms with E-state index in [1.807, 2.05) is 29.2 Å². The molecule has 4 nitrogen and oxygen atoms in total. The predicted octanol–water partition coefficient (Wildman–Crippen LogP) is 3.01. The lowest BCUT2D eigenvalue weighted by atomic mass is 9.98. The molecule has 1 fully saturated rings. The first-order valence-electron chi connectivity index (χ1n) is 6.86. The molecule has 1 atom stereocenters. The molecule has 2 heterocycles. The van der Waals surface area contributed by atoms with Gasteiger partial charge in [-0.1, -0.05) is 12.1 Å². The summed E-state index contributed by atoms with van der Waals surface area (Å²) < 4.78 is 6.58. The molecule has 1 saturated heterocycles. The Hall–Kier alpha value is -1.33. The highest BCUT2D eigenvalue weighted by Crippen LogP contribution is 2.28. The summed E-state index contributed by atoms with van der Waals surface area (Å²) >= 11 is 3.44. The molecule has 2 N–H and O–H groups in total. The van der Waals surface area contributed by atoms with Crippen LogP contribution in [0.2, 0.25) is 0 Å². The van der Waals surface area contributed by atoms with E-state index in [0.29, 0.717) is 18.2 Å². The zero-order chi connectivity index (χ0) is 14.1. The third-order valence-corrected chi connectivity index (χ3v) is 4.47. The molecule has 20 heavy (non-hydrogen) atoms. The van der Waals surface area contributed by atoms with E-state index in [2.05, 4.69) is 15.9 Å². The highest BCUT2D eigenvalue weighted by molar-refractivity contribution is 9.10. The molecule has 0 bridgehead atoms. The summed E-state index contributed by atoms with van der Waals surface area (Å²) in [4.78, 5) is 14.4. The lowest BCUT2D eigenvalue weighted by molar-refractivity contribution is 0.0648. The van der Waals surface area contributed by atoms with E-state index in [4.69, 9.17) is 10.2 Å². The van der Waals surface area contributed by atoms with Gasteiger partial charge in [0.2, 0.25) is 0 Å². The smallest absolute Gasteiger partial charge is 0.289 e. The van der Waals surface area contributed by atoms with Crippen molar-refractivity contribution >= 4 is 32.8 Å². The lowest BCUT2D eigenvalue weighted by Gasteiger charge is -2.31. The Morgan fingerprint density at radius 1 is 1.50 bits per heavy atom. The Kier molecular flexibility index (Phi) is 3.81. The Balaban J connectivity index is 1.86. The van der Waals surface area contributed by atoms with Crippen molar-refractivity contribution in [2.45, 2.75) is 12.8 Å². The van der Waals surface area contributed by atoms with Crippen LogP contribution >= 0.6 is 15.9 Å². The number of para-hydroxylation sites is 1. The zero-order valence-corrected chi connectivity index (χ0v) is 12.7. The van der Waals surface area contributed by atoms with Crippen molar-refractivity contribution in [3.63, 3.8) is 0 Å². The number of amides is 1. The van der Waals surface area contributed by atoms with Crippen molar-refractivity contribution in [2.75, 3.05) is 19.6 Å². The van der Waals surface area contributed by atoms with Crippen molar-refractivity contribution in [3.8, 4) is 0 Å². The summed E-state index contributed by atoms with van der Waals surface area (Å²) in [5.74, 6) is 0.777. The van der Waals surface area contributed by atoms with E-state index in [9.17, 15) is 4.79 Å². The average Bonchev–Trinajstić information content (AvgIpc) is 2.92. The highest BCUT2D eigenvalue weighted by atomic mass is 79.9. The zero-order valence-electron chi connectivity index (χ0n) is 11.1. The second-order valence-electron chi connectivity index (χ2n) is 5.26. The minimum Gasteiger partial charge on any atom is -0.450 e. The summed E-state index contributed by atoms with van der Waals surface area (Å²) in [5, 5.41) is 0.940. The molecular formula is C15H17BrN2O2. The van der Waals surface area contributed by atoms with E-state index in [0.717, 1.165) is 41.4 Å². The fraction of sp³-hybridized carbons (Fsp3) is 0.400. The molecule has 1 aliphatic rings. The van der Waals surface area contributed by atoms with Crippen LogP contribution < -0.4 is 5.73 Å². The first kappa shape index (κ1) is 13.6. The molecule has 1 aliphatic heterocycles. The molecule has 1 aromatic carbocycles. The van der Waals surface area contributed by atoms with Gasteiger partial charge in [0.15, 0.2) is 5.76 Å². The average molecular weight is 337 g/mol. The number of carbonyl (C=O) groups excluding carboxylic acids is 1. The maximum absolute atomic E-state index is 12.5. The van der Waals surface area contributed by atoms with E-state index in [1.54, 1.807) is 0 Å². The summed E-state index contributed by atoms with van der Waals surface area (Å²) in [6, 6.07) is 7.60. The summed E-state index contributed by atoms with van der Waals surface area (Å²) in [5.41, 5.74) is 6.44. The van der Waals surface area contributed by atoms with Crippen molar-refractivity contribution in [3.05, 3.63) is 34.5 Å². The largest absolute Gasteiger partial charge is 0.450 e. The first-order chi connectivity index (χ1) is 9.69. The van der Waals surface area contributed by atoms with Gasteiger partial charge in [0.05, 0.1) is 4.47 Å². The Bertz CT molecular complexity index is 638. The number of benzene rings is 1. The Labute approximate surface area is 126 Å². The van der Waals surface area contributed by atoms with Gasteiger partial charge >= 0.3 is 0 Å². The van der Waals surface area contributed by atoms with Crippen LogP contribution in [0.5, 0.6) is 0 Å². The fourth-order valence-corrected chi connectivity index (χ4v) is 3.19. The number of likely N-dealkylation sites (tertiary alicyclic amines) is 1. The number of fused-ring (bicyclic) bond motifs is 1. The quantitative estimate of drug-likeness (QED) is 0.916. The molecular weight excluding hydrogens is 320 g/mol. The molecule has 106 valence electrons. The van der Waals surface area contributed by atoms with Gasteiger partial charge in [-0.2, -0.15) is 0 Å². The number of hydrogen-bond acceptors (Lipinski definition) is 3. The summed E-state index contributed by atoms with van der Waals surface area (Å²) in [7, 11) is 0. The van der Waals surface area contributed by atoms with Gasteiger partial charge in [-0.25, -0.2) is 0 Å². The van der Waals surface area contributed by atoms with E-state index in [-0.39, 0.29) is 5.91 Å². The van der Waals surface area contributed by atoms with Gasteiger partial charge in [-0.3, -0.25) is 4.79 Å². The van der Waals surface area contributed by atoms with Crippen LogP contribution in [0.1, 0.15) is 23.4 Å². The number of halogens is 1. The molecule has 1 aromatic heterocycles. The van der Waals surface area contributed by atoms with Crippen LogP contribution in [-0.2, 0) is 0 Å². The third kappa shape index (κ3) is 2.47. The lowest BCUT2D eigenvalue weighted by Crippen LogP contribution is -2.41. The van der Waals surface area contributed by atoms with Crippen LogP contribution in [0.4, 0.5) is 0 Å². The van der Waals surface area contributed by atoms with E-state index in [1.165, 1.54) is 0 Å². The summed E-state index contributed by atoms with van der Waals surface area (Å²) in [6.45, 7) is 2.15. The normalized spacial score (nSPS) is 19.5. The molecule has 3 rings (SSSR count). The number of rotatable bonds is 2. The number of piperidine rings is 1. The maximum Gasteiger partial charge on any atom is 0.289 e. The van der Waals surface area contributed by atoms with Crippen molar-refractivity contribution in [1.29, 1.82) is 0 Å². The number of furan rings is 1. The topological polar surface area (TPSA) is 59.5 Å². The van der Waals surface area contributed by atoms with Gasteiger partial charge in [-0.05, 0) is 53.4 Å². The van der Waals surface area contributed by atoms with Crippen LogP contribution in [0.25, 0.3) is 11.0 Å². The highest BCUT2D eigenvalue weighted by Gasteiger charge is 2.26. The first-order valence-corrected chi connectivity index (χ1v) is 7.65. The third-order valence-electron chi connectivity index (χ3n) is 3.85. The number of nitrogens with zero attached hydrogens (tertiary/aromatic N) is 1. The van der Waals surface area contributed by atoms with Crippen LogP contribution in [0.3, 0.4) is 0 Å². The molecule has 0 saturated carbocycles. The van der Waals surface area contributed by atoms with Gasteiger partial charge < -0.3 is 15.1 Å². The van der Waals surface area contributed by atoms with Gasteiger partial charge in [0.1, 0.15) is 5.58 Å². The monoisotopic (exact) mass is 336 g/mol. The second kappa shape index (κ2) is 5.58. The van der Waals surface area contributed by atoms with Crippen molar-refractivity contribution < 1.29 is 9.21 Å². The standard InChI is InChI=1S/C15H17BrN2O2/c16-12-5-1-4-11-7-13(20-14(11)12)15(19)18-6-2-3-10(8-17)9-18/h1,4-5,7,10H,2-3,6,8-9,17H2. The number of nitrogens with two attached hydrogens (primary N) is 1. The molecule has 0 aliphatic carbocycles. The van der Waals surface area contributed by atoms with Gasteiger partial charge in [0, 0.05) is 18.5 Å². The SMILES string of the molecule is NCC1CCCN(C(=O)c2cc3cccc(Br)c3o2)C1. The number of carbonyl (C=O) groups is 1. The van der Waals surface area contributed by atoms with Crippen LogP contribution in [0, 0.1) is 5.92 Å². The maximum atomic E-state index is 12.5. The van der Waals surface area contributed by atoms with Gasteiger partial charge in [-0.15, -0.1) is 0 Å². The number of hydrogen-bond donors (Lipinski definition) is 1. The Morgan fingerprint density at radius 3 is 3.10 bits per heavy atom. The van der Waals surface area contributed by atoms with Crippen LogP contribution in [-0.4, -0.2) is 30.4 Å². The molecule has 0 spiro atoms. The molecule has 2 aromatic rings. The molecule has 5 heteroatoms. The van der Waals surface area contributed by atoms with Crippen LogP contribution in [0.15, 0.2) is 33.2 Å². The molecule has 1 unspecified atom stereocenters. The van der Waals surface area contributed by atoms with Gasteiger partial charge in [0.25, 0.3) is 5.91 Å². The fourth-order valence-electron chi connectivity index (χ4n) is 2.73. The molecule has 1 amide bonds. The minimum atomic E-state index is -0.0359. The summed E-state index contributed by atoms with van der Waals surface area (Å²) in [6.07, 6.45) is 2.11. The predicted molar refractivity (Wildman–Crippen MR) is 81.6 cm³/mol. The van der Waals surface area contributed by atoms with E-state index >= 15 is 0 Å². The second-order valence-corrected chi connectivity index (χ2v) is 6.12. The minimum absolute atomic E-state index is 0.0359. The molecule has 0 radical (unpaired) electrons. The van der Waals surface area contributed by atoms with E-state index < -0.39 is 0 Å². The van der Waals surface area contributed by atoms with Crippen molar-refractivity contribution in [2.24, 2.45) is 11.7 Å². The Morgan fingerprint density at radius 2 is 2.35 bits per heavy atom. The van der Waals surface area contributed by atoms with Crippen molar-refractivity contribution in [1.82, 2.24) is 4.90 Å².